The zero-order valence-corrected chi connectivity index (χ0v) is 23.8. The molecule has 2 aliphatic carbocycles. The third kappa shape index (κ3) is 5.04. The summed E-state index contributed by atoms with van der Waals surface area (Å²) in [5.41, 5.74) is 0.217. The number of rotatable bonds is 7. The molecule has 2 saturated carbocycles. The average molecular weight is 566 g/mol. The summed E-state index contributed by atoms with van der Waals surface area (Å²) < 4.78 is 19.6. The number of carbonyl (C=O) groups excluding carboxylic acids is 2. The Morgan fingerprint density at radius 1 is 1.20 bits per heavy atom. The molecular weight excluding hydrogens is 530 g/mol. The van der Waals surface area contributed by atoms with Crippen LogP contribution in [0.1, 0.15) is 50.1 Å². The smallest absolute Gasteiger partial charge is 0.414 e. The maximum Gasteiger partial charge on any atom is 0.414 e. The average Bonchev–Trinajstić information content (AvgIpc) is 3.21. The molecular formula is C28H35N7O6. The number of hydrogen-bond acceptors (Lipinski definition) is 9. The van der Waals surface area contributed by atoms with Crippen molar-refractivity contribution in [1.82, 2.24) is 24.5 Å². The third-order valence-corrected chi connectivity index (χ3v) is 8.01. The normalized spacial score (nSPS) is 24.9. The van der Waals surface area contributed by atoms with Gasteiger partial charge in [-0.3, -0.25) is 14.5 Å². The molecule has 1 unspecified atom stereocenters. The molecule has 3 aromatic heterocycles. The Hall–Kier alpha value is -3.97. The second-order valence-electron chi connectivity index (χ2n) is 11.9. The summed E-state index contributed by atoms with van der Waals surface area (Å²) >= 11 is 0. The topological polar surface area (TPSA) is 141 Å². The Morgan fingerprint density at radius 2 is 1.95 bits per heavy atom. The van der Waals surface area contributed by atoms with Crippen LogP contribution < -0.4 is 21.1 Å². The van der Waals surface area contributed by atoms with Crippen molar-refractivity contribution >= 4 is 34.8 Å². The van der Waals surface area contributed by atoms with E-state index in [-0.39, 0.29) is 46.8 Å². The van der Waals surface area contributed by atoms with Gasteiger partial charge in [-0.25, -0.2) is 14.3 Å². The lowest BCUT2D eigenvalue weighted by atomic mass is 9.89. The van der Waals surface area contributed by atoms with Crippen molar-refractivity contribution in [1.29, 1.82) is 0 Å². The van der Waals surface area contributed by atoms with E-state index in [2.05, 4.69) is 20.7 Å². The van der Waals surface area contributed by atoms with Gasteiger partial charge in [0.15, 0.2) is 17.2 Å². The maximum atomic E-state index is 13.4. The number of pyridine rings is 1. The van der Waals surface area contributed by atoms with Crippen LogP contribution in [0.3, 0.4) is 0 Å². The predicted molar refractivity (Wildman–Crippen MR) is 150 cm³/mol. The molecule has 2 amide bonds. The number of amides is 2. The summed E-state index contributed by atoms with van der Waals surface area (Å²) in [4.78, 5) is 45.5. The highest BCUT2D eigenvalue weighted by Gasteiger charge is 2.55. The first-order chi connectivity index (χ1) is 19.6. The molecule has 218 valence electrons. The van der Waals surface area contributed by atoms with Gasteiger partial charge in [-0.05, 0) is 45.7 Å². The molecule has 3 aromatic rings. The first-order valence-corrected chi connectivity index (χ1v) is 13.8. The van der Waals surface area contributed by atoms with Crippen LogP contribution in [-0.4, -0.2) is 76.3 Å². The van der Waals surface area contributed by atoms with Crippen LogP contribution >= 0.6 is 0 Å². The zero-order chi connectivity index (χ0) is 29.1. The van der Waals surface area contributed by atoms with Crippen LogP contribution in [0.4, 0.5) is 22.0 Å². The fraction of sp³-hybridized carbons (Fsp3) is 0.536. The number of aromatic nitrogens is 4. The molecule has 3 fully saturated rings. The first-order valence-electron chi connectivity index (χ1n) is 13.8. The van der Waals surface area contributed by atoms with E-state index >= 15 is 0 Å². The van der Waals surface area contributed by atoms with Gasteiger partial charge >= 0.3 is 6.09 Å². The first kappa shape index (κ1) is 27.2. The van der Waals surface area contributed by atoms with Crippen molar-refractivity contribution in [2.45, 2.75) is 57.4 Å². The van der Waals surface area contributed by atoms with Gasteiger partial charge < -0.3 is 29.4 Å². The van der Waals surface area contributed by atoms with Gasteiger partial charge in [-0.2, -0.15) is 0 Å². The lowest BCUT2D eigenvalue weighted by Gasteiger charge is -2.35. The Bertz CT molecular complexity index is 1550. The SMILES string of the molecule is CO[C@@H]1CC[C@H]1NC(=O)c1cnc2c(N(C)C(=O)OC(C)(C)C)cc(Nc3cccn(C4[C@H]5COC[C@@H]45)c3=O)nn12. The van der Waals surface area contributed by atoms with E-state index in [0.717, 1.165) is 12.8 Å². The summed E-state index contributed by atoms with van der Waals surface area (Å²) in [6.45, 7) is 6.66. The fourth-order valence-corrected chi connectivity index (χ4v) is 5.60. The minimum absolute atomic E-state index is 0.0463. The lowest BCUT2D eigenvalue weighted by Crippen LogP contribution is -2.51. The van der Waals surface area contributed by atoms with Crippen LogP contribution in [0.25, 0.3) is 5.65 Å². The van der Waals surface area contributed by atoms with Crippen molar-refractivity contribution in [2.75, 3.05) is 37.6 Å². The van der Waals surface area contributed by atoms with Gasteiger partial charge in [-0.1, -0.05) is 0 Å². The molecule has 0 spiro atoms. The van der Waals surface area contributed by atoms with E-state index in [1.165, 1.54) is 15.6 Å². The summed E-state index contributed by atoms with van der Waals surface area (Å²) in [6.07, 6.45) is 4.24. The number of anilines is 3. The van der Waals surface area contributed by atoms with E-state index in [1.54, 1.807) is 57.8 Å². The lowest BCUT2D eigenvalue weighted by molar-refractivity contribution is 0.00718. The van der Waals surface area contributed by atoms with E-state index in [0.29, 0.717) is 36.4 Å². The molecule has 1 aliphatic heterocycles. The summed E-state index contributed by atoms with van der Waals surface area (Å²) in [5, 5.41) is 10.7. The van der Waals surface area contributed by atoms with Crippen LogP contribution in [0.15, 0.2) is 35.4 Å². The largest absolute Gasteiger partial charge is 0.443 e. The van der Waals surface area contributed by atoms with Crippen molar-refractivity contribution < 1.29 is 23.8 Å². The maximum absolute atomic E-state index is 13.4. The number of methoxy groups -OCH3 is 1. The third-order valence-electron chi connectivity index (χ3n) is 8.01. The van der Waals surface area contributed by atoms with Gasteiger partial charge in [0.25, 0.3) is 11.5 Å². The Kier molecular flexibility index (Phi) is 6.73. The second kappa shape index (κ2) is 10.1. The molecule has 13 heteroatoms. The van der Waals surface area contributed by atoms with E-state index in [4.69, 9.17) is 14.2 Å². The predicted octanol–water partition coefficient (Wildman–Crippen LogP) is 2.73. The highest BCUT2D eigenvalue weighted by atomic mass is 16.6. The van der Waals surface area contributed by atoms with Crippen LogP contribution in [0.5, 0.6) is 0 Å². The fourth-order valence-electron chi connectivity index (χ4n) is 5.60. The van der Waals surface area contributed by atoms with Gasteiger partial charge in [0.05, 0.1) is 37.2 Å². The monoisotopic (exact) mass is 565 g/mol. The van der Waals surface area contributed by atoms with Crippen molar-refractivity contribution in [3.63, 3.8) is 0 Å². The number of imidazole rings is 1. The molecule has 0 bridgehead atoms. The van der Waals surface area contributed by atoms with Crippen molar-refractivity contribution in [2.24, 2.45) is 11.8 Å². The summed E-state index contributed by atoms with van der Waals surface area (Å²) in [7, 11) is 3.18. The number of hydrogen-bond donors (Lipinski definition) is 2. The Morgan fingerprint density at radius 3 is 2.61 bits per heavy atom. The van der Waals surface area contributed by atoms with Gasteiger partial charge in [0.2, 0.25) is 0 Å². The number of nitrogens with one attached hydrogen (secondary N) is 2. The van der Waals surface area contributed by atoms with Gasteiger partial charge in [-0.15, -0.1) is 5.10 Å². The summed E-state index contributed by atoms with van der Waals surface area (Å²) in [5.74, 6) is 0.589. The molecule has 5 atom stereocenters. The highest BCUT2D eigenvalue weighted by Crippen LogP contribution is 2.53. The molecule has 6 rings (SSSR count). The van der Waals surface area contributed by atoms with Gasteiger partial charge in [0, 0.05) is 44.3 Å². The van der Waals surface area contributed by atoms with E-state index < -0.39 is 11.7 Å². The zero-order valence-electron chi connectivity index (χ0n) is 23.8. The van der Waals surface area contributed by atoms with Crippen LogP contribution in [0.2, 0.25) is 0 Å². The quantitative estimate of drug-likeness (QED) is 0.442. The molecule has 3 aliphatic rings. The van der Waals surface area contributed by atoms with E-state index in [1.807, 2.05) is 6.07 Å². The minimum atomic E-state index is -0.724. The van der Waals surface area contributed by atoms with E-state index in [9.17, 15) is 14.4 Å². The molecule has 0 radical (unpaired) electrons. The number of nitrogens with zero attached hydrogens (tertiary/aromatic N) is 5. The second-order valence-corrected chi connectivity index (χ2v) is 11.9. The van der Waals surface area contributed by atoms with Crippen molar-refractivity contribution in [3.05, 3.63) is 46.6 Å². The molecule has 41 heavy (non-hydrogen) atoms. The molecule has 4 heterocycles. The number of ether oxygens (including phenoxy) is 3. The molecule has 13 nitrogen and oxygen atoms in total. The molecule has 2 N–H and O–H groups in total. The number of carbonyl (C=O) groups is 2. The minimum Gasteiger partial charge on any atom is -0.443 e. The summed E-state index contributed by atoms with van der Waals surface area (Å²) in [6, 6.07) is 5.11. The van der Waals surface area contributed by atoms with Gasteiger partial charge in [0.1, 0.15) is 11.3 Å². The standard InChI is InChI=1S/C28H35N7O6/c1-28(2,3)41-27(38)33(4)19-11-22(30-18-7-6-10-34(26(18)37)23-15-13-40-14-16(15)23)32-35-20(12-29-24(19)35)25(36)31-17-8-9-21(17)39-5/h6-7,10-12,15-17,21,23H,8-9,13-14H2,1-5H3,(H,30,32)(H,31,36)/t15-,16+,17-,21-,23?/m1/s1. The van der Waals surface area contributed by atoms with Crippen LogP contribution in [0, 0.1) is 11.8 Å². The molecule has 1 saturated heterocycles. The van der Waals surface area contributed by atoms with Crippen molar-refractivity contribution in [3.8, 4) is 0 Å². The van der Waals surface area contributed by atoms with Crippen LogP contribution in [-0.2, 0) is 14.2 Å². The number of fused-ring (bicyclic) bond motifs is 2. The Labute approximate surface area is 236 Å². The Balaban J connectivity index is 1.36. The molecule has 0 aromatic carbocycles. The highest BCUT2D eigenvalue weighted by molar-refractivity contribution is 5.96.